The molecule has 2 heterocycles. The van der Waals surface area contributed by atoms with Gasteiger partial charge in [0.1, 0.15) is 0 Å². The van der Waals surface area contributed by atoms with E-state index in [9.17, 15) is 4.79 Å². The normalized spacial score (nSPS) is 21.1. The SMILES string of the molecule is COC1CCN(C2CCN(C(=O)C=Cc3ccc(Cl)cc3)CC2)CC1. The summed E-state index contributed by atoms with van der Waals surface area (Å²) in [5, 5.41) is 0.708. The van der Waals surface area contributed by atoms with E-state index in [1.807, 2.05) is 42.4 Å². The van der Waals surface area contributed by atoms with Crippen molar-refractivity contribution in [2.45, 2.75) is 37.8 Å². The Labute approximate surface area is 155 Å². The fourth-order valence-electron chi connectivity index (χ4n) is 3.77. The molecule has 3 rings (SSSR count). The van der Waals surface area contributed by atoms with Crippen molar-refractivity contribution in [2.75, 3.05) is 33.3 Å². The Balaban J connectivity index is 1.45. The maximum Gasteiger partial charge on any atom is 0.246 e. The lowest BCUT2D eigenvalue weighted by Gasteiger charge is -2.41. The Morgan fingerprint density at radius 1 is 1.08 bits per heavy atom. The van der Waals surface area contributed by atoms with Crippen LogP contribution in [0, 0.1) is 0 Å². The van der Waals surface area contributed by atoms with Crippen LogP contribution in [0.4, 0.5) is 0 Å². The van der Waals surface area contributed by atoms with Gasteiger partial charge in [-0.2, -0.15) is 0 Å². The van der Waals surface area contributed by atoms with Crippen LogP contribution >= 0.6 is 11.6 Å². The van der Waals surface area contributed by atoms with Gasteiger partial charge >= 0.3 is 0 Å². The fourth-order valence-corrected chi connectivity index (χ4v) is 3.90. The number of methoxy groups -OCH3 is 1. The van der Waals surface area contributed by atoms with E-state index in [4.69, 9.17) is 16.3 Å². The molecule has 0 atom stereocenters. The van der Waals surface area contributed by atoms with Gasteiger partial charge in [-0.05, 0) is 49.5 Å². The summed E-state index contributed by atoms with van der Waals surface area (Å²) >= 11 is 5.88. The number of hydrogen-bond donors (Lipinski definition) is 0. The second-order valence-electron chi connectivity index (χ2n) is 6.91. The molecule has 5 heteroatoms. The lowest BCUT2D eigenvalue weighted by molar-refractivity contribution is -0.127. The predicted molar refractivity (Wildman–Crippen MR) is 102 cm³/mol. The molecule has 1 aromatic rings. The minimum Gasteiger partial charge on any atom is -0.381 e. The average Bonchev–Trinajstić information content (AvgIpc) is 2.67. The standard InChI is InChI=1S/C20H27ClN2O2/c1-25-19-10-14-22(15-11-19)18-8-12-23(13-9-18)20(24)7-4-16-2-5-17(21)6-3-16/h2-7,18-19H,8-15H2,1H3. The number of amides is 1. The van der Waals surface area contributed by atoms with E-state index in [1.54, 1.807) is 6.08 Å². The van der Waals surface area contributed by atoms with Crippen molar-refractivity contribution < 1.29 is 9.53 Å². The van der Waals surface area contributed by atoms with Crippen molar-refractivity contribution in [2.24, 2.45) is 0 Å². The molecule has 0 radical (unpaired) electrons. The Hall–Kier alpha value is -1.36. The number of piperidine rings is 2. The molecule has 0 aromatic heterocycles. The van der Waals surface area contributed by atoms with Crippen LogP contribution in [-0.4, -0.2) is 61.1 Å². The van der Waals surface area contributed by atoms with Gasteiger partial charge < -0.3 is 14.5 Å². The van der Waals surface area contributed by atoms with E-state index < -0.39 is 0 Å². The molecule has 0 unspecified atom stereocenters. The molecule has 4 nitrogen and oxygen atoms in total. The predicted octanol–water partition coefficient (Wildman–Crippen LogP) is 3.46. The van der Waals surface area contributed by atoms with Crippen molar-refractivity contribution in [1.82, 2.24) is 9.80 Å². The Bertz CT molecular complexity index is 586. The molecule has 0 saturated carbocycles. The first-order chi connectivity index (χ1) is 12.2. The van der Waals surface area contributed by atoms with Gasteiger partial charge in [0.05, 0.1) is 6.10 Å². The summed E-state index contributed by atoms with van der Waals surface area (Å²) < 4.78 is 5.45. The highest BCUT2D eigenvalue weighted by Crippen LogP contribution is 2.22. The number of likely N-dealkylation sites (tertiary alicyclic amines) is 2. The summed E-state index contributed by atoms with van der Waals surface area (Å²) in [6.45, 7) is 3.93. The number of ether oxygens (including phenoxy) is 1. The highest BCUT2D eigenvalue weighted by atomic mass is 35.5. The number of hydrogen-bond acceptors (Lipinski definition) is 3. The third-order valence-corrected chi connectivity index (χ3v) is 5.64. The molecule has 1 amide bonds. The van der Waals surface area contributed by atoms with E-state index in [1.165, 1.54) is 0 Å². The molecule has 1 aromatic carbocycles. The van der Waals surface area contributed by atoms with Crippen LogP contribution in [-0.2, 0) is 9.53 Å². The van der Waals surface area contributed by atoms with Gasteiger partial charge in [0.25, 0.3) is 0 Å². The topological polar surface area (TPSA) is 32.8 Å². The Morgan fingerprint density at radius 3 is 2.32 bits per heavy atom. The van der Waals surface area contributed by atoms with E-state index in [0.29, 0.717) is 17.2 Å². The molecule has 0 spiro atoms. The third kappa shape index (κ3) is 5.06. The van der Waals surface area contributed by atoms with Gasteiger partial charge in [-0.1, -0.05) is 23.7 Å². The van der Waals surface area contributed by atoms with Crippen LogP contribution < -0.4 is 0 Å². The largest absolute Gasteiger partial charge is 0.381 e. The van der Waals surface area contributed by atoms with E-state index in [2.05, 4.69) is 4.90 Å². The van der Waals surface area contributed by atoms with E-state index in [0.717, 1.165) is 57.4 Å². The maximum absolute atomic E-state index is 12.4. The van der Waals surface area contributed by atoms with E-state index in [-0.39, 0.29) is 5.91 Å². The number of halogens is 1. The lowest BCUT2D eigenvalue weighted by atomic mass is 9.99. The van der Waals surface area contributed by atoms with Crippen LogP contribution in [0.25, 0.3) is 6.08 Å². The number of benzene rings is 1. The number of nitrogens with zero attached hydrogens (tertiary/aromatic N) is 2. The average molecular weight is 363 g/mol. The maximum atomic E-state index is 12.4. The Kier molecular flexibility index (Phi) is 6.51. The van der Waals surface area contributed by atoms with Gasteiger partial charge in [-0.15, -0.1) is 0 Å². The molecule has 0 aliphatic carbocycles. The first kappa shape index (κ1) is 18.4. The lowest BCUT2D eigenvalue weighted by Crippen LogP contribution is -2.49. The molecule has 0 bridgehead atoms. The summed E-state index contributed by atoms with van der Waals surface area (Å²) in [6, 6.07) is 8.12. The molecular formula is C20H27ClN2O2. The minimum absolute atomic E-state index is 0.103. The second-order valence-corrected chi connectivity index (χ2v) is 7.35. The first-order valence-electron chi connectivity index (χ1n) is 9.15. The van der Waals surface area contributed by atoms with Gasteiger partial charge in [0.15, 0.2) is 0 Å². The van der Waals surface area contributed by atoms with Crippen molar-refractivity contribution in [3.05, 3.63) is 40.9 Å². The summed E-state index contributed by atoms with van der Waals surface area (Å²) in [7, 11) is 1.81. The number of rotatable bonds is 4. The van der Waals surface area contributed by atoms with Crippen molar-refractivity contribution in [3.63, 3.8) is 0 Å². The molecule has 25 heavy (non-hydrogen) atoms. The highest BCUT2D eigenvalue weighted by Gasteiger charge is 2.29. The highest BCUT2D eigenvalue weighted by molar-refractivity contribution is 6.30. The fraction of sp³-hybridized carbons (Fsp3) is 0.550. The van der Waals surface area contributed by atoms with Crippen LogP contribution in [0.1, 0.15) is 31.2 Å². The van der Waals surface area contributed by atoms with Crippen molar-refractivity contribution >= 4 is 23.6 Å². The molecule has 2 aliphatic heterocycles. The zero-order valence-electron chi connectivity index (χ0n) is 14.9. The van der Waals surface area contributed by atoms with Crippen LogP contribution in [0.2, 0.25) is 5.02 Å². The minimum atomic E-state index is 0.103. The quantitative estimate of drug-likeness (QED) is 0.769. The first-order valence-corrected chi connectivity index (χ1v) is 9.53. The number of carbonyl (C=O) groups excluding carboxylic acids is 1. The van der Waals surface area contributed by atoms with E-state index >= 15 is 0 Å². The summed E-state index contributed by atoms with van der Waals surface area (Å²) in [6.07, 6.45) is 8.35. The van der Waals surface area contributed by atoms with Crippen LogP contribution in [0.5, 0.6) is 0 Å². The Morgan fingerprint density at radius 2 is 1.72 bits per heavy atom. The van der Waals surface area contributed by atoms with Crippen LogP contribution in [0.15, 0.2) is 30.3 Å². The van der Waals surface area contributed by atoms with Crippen LogP contribution in [0.3, 0.4) is 0 Å². The van der Waals surface area contributed by atoms with Crippen molar-refractivity contribution in [3.8, 4) is 0 Å². The molecule has 2 fully saturated rings. The zero-order valence-corrected chi connectivity index (χ0v) is 15.6. The van der Waals surface area contributed by atoms with Gasteiger partial charge in [-0.25, -0.2) is 0 Å². The second kappa shape index (κ2) is 8.84. The van der Waals surface area contributed by atoms with Gasteiger partial charge in [0.2, 0.25) is 5.91 Å². The zero-order chi connectivity index (χ0) is 17.6. The van der Waals surface area contributed by atoms with Gasteiger partial charge in [0, 0.05) is 50.4 Å². The molecular weight excluding hydrogens is 336 g/mol. The summed E-state index contributed by atoms with van der Waals surface area (Å²) in [5.74, 6) is 0.103. The van der Waals surface area contributed by atoms with Gasteiger partial charge in [-0.3, -0.25) is 4.79 Å². The van der Waals surface area contributed by atoms with Crippen molar-refractivity contribution in [1.29, 1.82) is 0 Å². The summed E-state index contributed by atoms with van der Waals surface area (Å²) in [5.41, 5.74) is 0.994. The molecule has 136 valence electrons. The number of carbonyl (C=O) groups is 1. The molecule has 2 aliphatic rings. The molecule has 0 N–H and O–H groups in total. The third-order valence-electron chi connectivity index (χ3n) is 5.39. The smallest absolute Gasteiger partial charge is 0.246 e. The summed E-state index contributed by atoms with van der Waals surface area (Å²) in [4.78, 5) is 16.9. The molecule has 2 saturated heterocycles. The monoisotopic (exact) mass is 362 g/mol.